The first-order valence-corrected chi connectivity index (χ1v) is 4.21. The lowest BCUT2D eigenvalue weighted by Gasteiger charge is -2.10. The van der Waals surface area contributed by atoms with Crippen LogP contribution in [0, 0.1) is 5.82 Å². The van der Waals surface area contributed by atoms with Gasteiger partial charge >= 0.3 is 0 Å². The molecular formula is C11H13FO. The van der Waals surface area contributed by atoms with Crippen LogP contribution in [0.25, 0.3) is 0 Å². The summed E-state index contributed by atoms with van der Waals surface area (Å²) in [5.41, 5.74) is 1.59. The number of allylic oxidation sites excluding steroid dienone is 1. The highest BCUT2D eigenvalue weighted by molar-refractivity contribution is 5.25. The predicted molar refractivity (Wildman–Crippen MR) is 50.8 cm³/mol. The monoisotopic (exact) mass is 180 g/mol. The summed E-state index contributed by atoms with van der Waals surface area (Å²) >= 11 is 0. The van der Waals surface area contributed by atoms with Crippen molar-refractivity contribution in [1.29, 1.82) is 0 Å². The molecule has 1 aromatic rings. The second-order valence-electron chi connectivity index (χ2n) is 2.99. The van der Waals surface area contributed by atoms with Crippen LogP contribution in [0.5, 0.6) is 0 Å². The Hall–Kier alpha value is -1.15. The zero-order chi connectivity index (χ0) is 9.84. The minimum Gasteiger partial charge on any atom is -0.384 e. The molecule has 70 valence electrons. The van der Waals surface area contributed by atoms with E-state index in [4.69, 9.17) is 0 Å². The maximum absolute atomic E-state index is 12.5. The third-order valence-electron chi connectivity index (χ3n) is 2.07. The molecule has 0 aliphatic carbocycles. The maximum atomic E-state index is 12.5. The Kier molecular flexibility index (Phi) is 3.20. The number of aliphatic hydroxyl groups is 1. The molecule has 1 aromatic carbocycles. The third kappa shape index (κ3) is 2.39. The quantitative estimate of drug-likeness (QED) is 0.694. The minimum atomic E-state index is -0.620. The first-order valence-electron chi connectivity index (χ1n) is 4.21. The van der Waals surface area contributed by atoms with Crippen LogP contribution in [0.4, 0.5) is 4.39 Å². The van der Waals surface area contributed by atoms with Crippen molar-refractivity contribution in [2.24, 2.45) is 0 Å². The Labute approximate surface area is 77.5 Å². The topological polar surface area (TPSA) is 20.2 Å². The zero-order valence-electron chi connectivity index (χ0n) is 7.79. The van der Waals surface area contributed by atoms with Gasteiger partial charge < -0.3 is 5.11 Å². The largest absolute Gasteiger partial charge is 0.384 e. The first kappa shape index (κ1) is 9.93. The molecule has 13 heavy (non-hydrogen) atoms. The first-order chi connectivity index (χ1) is 6.15. The van der Waals surface area contributed by atoms with Gasteiger partial charge in [0.2, 0.25) is 0 Å². The fourth-order valence-electron chi connectivity index (χ4n) is 1.07. The van der Waals surface area contributed by atoms with E-state index in [1.54, 1.807) is 12.1 Å². The van der Waals surface area contributed by atoms with Crippen LogP contribution in [0.3, 0.4) is 0 Å². The van der Waals surface area contributed by atoms with E-state index in [0.717, 1.165) is 11.1 Å². The molecule has 0 aromatic heterocycles. The predicted octanol–water partition coefficient (Wildman–Crippen LogP) is 2.83. The van der Waals surface area contributed by atoms with Gasteiger partial charge in [0, 0.05) is 0 Å². The van der Waals surface area contributed by atoms with Gasteiger partial charge in [0.25, 0.3) is 0 Å². The lowest BCUT2D eigenvalue weighted by molar-refractivity contribution is 0.215. The van der Waals surface area contributed by atoms with Crippen molar-refractivity contribution in [1.82, 2.24) is 0 Å². The lowest BCUT2D eigenvalue weighted by atomic mass is 10.0. The van der Waals surface area contributed by atoms with Crippen molar-refractivity contribution in [3.8, 4) is 0 Å². The molecule has 0 bridgehead atoms. The van der Waals surface area contributed by atoms with Gasteiger partial charge in [0.05, 0.1) is 6.10 Å². The smallest absolute Gasteiger partial charge is 0.123 e. The van der Waals surface area contributed by atoms with Crippen molar-refractivity contribution in [2.45, 2.75) is 20.0 Å². The van der Waals surface area contributed by atoms with Crippen molar-refractivity contribution < 1.29 is 9.50 Å². The number of hydrogen-bond acceptors (Lipinski definition) is 1. The van der Waals surface area contributed by atoms with E-state index < -0.39 is 6.10 Å². The minimum absolute atomic E-state index is 0.283. The van der Waals surface area contributed by atoms with Crippen LogP contribution in [0.2, 0.25) is 0 Å². The van der Waals surface area contributed by atoms with Crippen LogP contribution < -0.4 is 0 Å². The standard InChI is InChI=1S/C11H13FO/c1-3-8(2)11(13)9-4-6-10(12)7-5-9/h3-7,11,13H,1-2H3/b8-3+/t11-/m1/s1. The number of rotatable bonds is 2. The molecular weight excluding hydrogens is 167 g/mol. The van der Waals surface area contributed by atoms with Gasteiger partial charge in [-0.25, -0.2) is 4.39 Å². The molecule has 0 heterocycles. The molecule has 1 rings (SSSR count). The number of benzene rings is 1. The average molecular weight is 180 g/mol. The van der Waals surface area contributed by atoms with Crippen LogP contribution in [0.15, 0.2) is 35.9 Å². The Balaban J connectivity index is 2.89. The normalized spacial score (nSPS) is 14.3. The molecule has 0 radical (unpaired) electrons. The van der Waals surface area contributed by atoms with Crippen molar-refractivity contribution in [3.05, 3.63) is 47.3 Å². The Morgan fingerprint density at radius 2 is 1.92 bits per heavy atom. The molecule has 1 nitrogen and oxygen atoms in total. The molecule has 0 fully saturated rings. The Morgan fingerprint density at radius 3 is 2.38 bits per heavy atom. The van der Waals surface area contributed by atoms with E-state index in [9.17, 15) is 9.50 Å². The summed E-state index contributed by atoms with van der Waals surface area (Å²) in [6, 6.07) is 5.88. The van der Waals surface area contributed by atoms with E-state index in [-0.39, 0.29) is 5.82 Å². The highest BCUT2D eigenvalue weighted by Crippen LogP contribution is 2.20. The van der Waals surface area contributed by atoms with Gasteiger partial charge in [-0.1, -0.05) is 18.2 Å². The van der Waals surface area contributed by atoms with Crippen molar-refractivity contribution in [2.75, 3.05) is 0 Å². The van der Waals surface area contributed by atoms with E-state index in [1.807, 2.05) is 19.9 Å². The fourth-order valence-corrected chi connectivity index (χ4v) is 1.07. The molecule has 2 heteroatoms. The Morgan fingerprint density at radius 1 is 1.38 bits per heavy atom. The molecule has 0 amide bonds. The van der Waals surface area contributed by atoms with Gasteiger partial charge in [-0.15, -0.1) is 0 Å². The summed E-state index contributed by atoms with van der Waals surface area (Å²) in [5.74, 6) is -0.283. The van der Waals surface area contributed by atoms with Crippen molar-refractivity contribution >= 4 is 0 Å². The van der Waals surface area contributed by atoms with Gasteiger partial charge in [0.15, 0.2) is 0 Å². The number of halogens is 1. The van der Waals surface area contributed by atoms with E-state index in [2.05, 4.69) is 0 Å². The fraction of sp³-hybridized carbons (Fsp3) is 0.273. The van der Waals surface area contributed by atoms with E-state index in [1.165, 1.54) is 12.1 Å². The summed E-state index contributed by atoms with van der Waals surface area (Å²) in [5, 5.41) is 9.69. The van der Waals surface area contributed by atoms with Gasteiger partial charge in [-0.05, 0) is 37.1 Å². The van der Waals surface area contributed by atoms with Crippen LogP contribution in [-0.4, -0.2) is 5.11 Å². The second kappa shape index (κ2) is 4.19. The summed E-state index contributed by atoms with van der Waals surface area (Å²) in [6.45, 7) is 3.70. The molecule has 0 unspecified atom stereocenters. The van der Waals surface area contributed by atoms with Gasteiger partial charge in [-0.2, -0.15) is 0 Å². The molecule has 0 saturated carbocycles. The van der Waals surface area contributed by atoms with Gasteiger partial charge in [0.1, 0.15) is 5.82 Å². The molecule has 0 aliphatic rings. The molecule has 0 saturated heterocycles. The second-order valence-corrected chi connectivity index (χ2v) is 2.99. The molecule has 1 atom stereocenters. The summed E-state index contributed by atoms with van der Waals surface area (Å²) in [7, 11) is 0. The summed E-state index contributed by atoms with van der Waals surface area (Å²) in [4.78, 5) is 0. The SMILES string of the molecule is C/C=C(\C)[C@@H](O)c1ccc(F)cc1. The van der Waals surface area contributed by atoms with E-state index >= 15 is 0 Å². The zero-order valence-corrected chi connectivity index (χ0v) is 7.79. The Bertz CT molecular complexity index is 300. The lowest BCUT2D eigenvalue weighted by Crippen LogP contribution is -1.98. The van der Waals surface area contributed by atoms with Crippen LogP contribution in [-0.2, 0) is 0 Å². The number of hydrogen-bond donors (Lipinski definition) is 1. The van der Waals surface area contributed by atoms with Gasteiger partial charge in [-0.3, -0.25) is 0 Å². The average Bonchev–Trinajstić information content (AvgIpc) is 2.17. The molecule has 1 N–H and O–H groups in total. The number of aliphatic hydroxyl groups excluding tert-OH is 1. The molecule has 0 spiro atoms. The highest BCUT2D eigenvalue weighted by Gasteiger charge is 2.07. The van der Waals surface area contributed by atoms with E-state index in [0.29, 0.717) is 0 Å². The van der Waals surface area contributed by atoms with Crippen LogP contribution >= 0.6 is 0 Å². The maximum Gasteiger partial charge on any atom is 0.123 e. The summed E-state index contributed by atoms with van der Waals surface area (Å²) in [6.07, 6.45) is 1.22. The summed E-state index contributed by atoms with van der Waals surface area (Å²) < 4.78 is 12.5. The third-order valence-corrected chi connectivity index (χ3v) is 2.07. The van der Waals surface area contributed by atoms with Crippen molar-refractivity contribution in [3.63, 3.8) is 0 Å². The highest BCUT2D eigenvalue weighted by atomic mass is 19.1. The molecule has 0 aliphatic heterocycles. The van der Waals surface area contributed by atoms with Crippen LogP contribution in [0.1, 0.15) is 25.5 Å².